The Labute approximate surface area is 84.4 Å². The Kier molecular flexibility index (Phi) is 1.84. The van der Waals surface area contributed by atoms with Gasteiger partial charge in [-0.1, -0.05) is 0 Å². The highest BCUT2D eigenvalue weighted by Crippen LogP contribution is 2.25. The average molecular weight is 292 g/mol. The van der Waals surface area contributed by atoms with Crippen molar-refractivity contribution in [1.82, 2.24) is 9.97 Å². The third-order valence-electron chi connectivity index (χ3n) is 1.58. The molecule has 1 heterocycles. The van der Waals surface area contributed by atoms with E-state index >= 15 is 0 Å². The van der Waals surface area contributed by atoms with Crippen LogP contribution in [0.3, 0.4) is 0 Å². The molecule has 0 saturated carbocycles. The average Bonchev–Trinajstić information content (AvgIpc) is 2.41. The summed E-state index contributed by atoms with van der Waals surface area (Å²) in [5, 5.41) is 0. The smallest absolute Gasteiger partial charge is 0.305 e. The van der Waals surface area contributed by atoms with E-state index in [9.17, 15) is 4.79 Å². The lowest BCUT2D eigenvalue weighted by molar-refractivity contribution is 1.21. The van der Waals surface area contributed by atoms with Crippen LogP contribution in [0, 0.1) is 0 Å². The zero-order chi connectivity index (χ0) is 8.72. The van der Waals surface area contributed by atoms with Gasteiger partial charge in [0, 0.05) is 8.95 Å². The highest BCUT2D eigenvalue weighted by molar-refractivity contribution is 9.11. The number of aromatic nitrogens is 2. The molecule has 0 aliphatic rings. The van der Waals surface area contributed by atoms with Crippen molar-refractivity contribution >= 4 is 42.9 Å². The molecule has 0 spiro atoms. The molecule has 0 atom stereocenters. The van der Waals surface area contributed by atoms with E-state index in [1.807, 2.05) is 12.1 Å². The molecule has 0 aliphatic carbocycles. The summed E-state index contributed by atoms with van der Waals surface area (Å²) in [4.78, 5) is 16.3. The summed E-state index contributed by atoms with van der Waals surface area (Å²) < 4.78 is 1.75. The van der Waals surface area contributed by atoms with E-state index in [2.05, 4.69) is 41.8 Å². The van der Waals surface area contributed by atoms with E-state index in [1.54, 1.807) is 0 Å². The van der Waals surface area contributed by atoms with Crippen LogP contribution in [0.25, 0.3) is 11.0 Å². The van der Waals surface area contributed by atoms with Crippen molar-refractivity contribution in [2.75, 3.05) is 0 Å². The first-order chi connectivity index (χ1) is 5.68. The monoisotopic (exact) mass is 290 g/mol. The number of imidazole rings is 1. The van der Waals surface area contributed by atoms with Crippen molar-refractivity contribution in [2.24, 2.45) is 0 Å². The molecule has 1 aromatic carbocycles. The number of benzene rings is 1. The molecule has 0 radical (unpaired) electrons. The van der Waals surface area contributed by atoms with Gasteiger partial charge >= 0.3 is 5.69 Å². The largest absolute Gasteiger partial charge is 0.323 e. The second-order valence-electron chi connectivity index (χ2n) is 2.36. The van der Waals surface area contributed by atoms with Gasteiger partial charge in [-0.05, 0) is 44.0 Å². The number of aromatic amines is 2. The summed E-state index contributed by atoms with van der Waals surface area (Å²) in [5.41, 5.74) is 1.38. The second-order valence-corrected chi connectivity index (χ2v) is 4.07. The molecule has 0 saturated heterocycles. The minimum absolute atomic E-state index is 0.197. The normalized spacial score (nSPS) is 10.8. The molecule has 2 aromatic rings. The predicted octanol–water partition coefficient (Wildman–Crippen LogP) is 2.38. The Morgan fingerprint density at radius 1 is 1.00 bits per heavy atom. The lowest BCUT2D eigenvalue weighted by atomic mass is 10.3. The molecule has 3 nitrogen and oxygen atoms in total. The summed E-state index contributed by atoms with van der Waals surface area (Å²) >= 11 is 6.67. The van der Waals surface area contributed by atoms with Crippen molar-refractivity contribution in [3.63, 3.8) is 0 Å². The van der Waals surface area contributed by atoms with Crippen LogP contribution in [0.2, 0.25) is 0 Å². The third kappa shape index (κ3) is 1.13. The predicted molar refractivity (Wildman–Crippen MR) is 54.3 cm³/mol. The van der Waals surface area contributed by atoms with Gasteiger partial charge in [-0.25, -0.2) is 4.79 Å². The van der Waals surface area contributed by atoms with Gasteiger partial charge in [-0.2, -0.15) is 0 Å². The Morgan fingerprint density at radius 3 is 1.83 bits per heavy atom. The highest BCUT2D eigenvalue weighted by Gasteiger charge is 2.04. The van der Waals surface area contributed by atoms with Crippen LogP contribution >= 0.6 is 31.9 Å². The molecule has 5 heteroatoms. The maximum atomic E-state index is 10.9. The van der Waals surface area contributed by atoms with Crippen molar-refractivity contribution in [3.05, 3.63) is 31.6 Å². The maximum Gasteiger partial charge on any atom is 0.323 e. The van der Waals surface area contributed by atoms with Gasteiger partial charge in [0.25, 0.3) is 0 Å². The molecule has 12 heavy (non-hydrogen) atoms. The first-order valence-corrected chi connectivity index (χ1v) is 4.83. The summed E-state index contributed by atoms with van der Waals surface area (Å²) in [6.45, 7) is 0. The molecule has 0 bridgehead atoms. The molecule has 62 valence electrons. The zero-order valence-electron chi connectivity index (χ0n) is 5.82. The molecule has 2 N–H and O–H groups in total. The number of fused-ring (bicyclic) bond motifs is 1. The number of hydrogen-bond acceptors (Lipinski definition) is 1. The van der Waals surface area contributed by atoms with Crippen LogP contribution in [-0.2, 0) is 0 Å². The van der Waals surface area contributed by atoms with E-state index < -0.39 is 0 Å². The van der Waals surface area contributed by atoms with E-state index in [-0.39, 0.29) is 5.69 Å². The number of nitrogens with one attached hydrogen (secondary N) is 2. The summed E-state index contributed by atoms with van der Waals surface area (Å²) in [7, 11) is 0. The van der Waals surface area contributed by atoms with Crippen LogP contribution in [0.1, 0.15) is 0 Å². The first-order valence-electron chi connectivity index (χ1n) is 3.24. The van der Waals surface area contributed by atoms with Crippen LogP contribution in [0.5, 0.6) is 0 Å². The van der Waals surface area contributed by atoms with E-state index in [0.717, 1.165) is 20.0 Å². The van der Waals surface area contributed by atoms with Crippen LogP contribution in [0.4, 0.5) is 0 Å². The summed E-state index contributed by atoms with van der Waals surface area (Å²) in [6, 6.07) is 3.74. The zero-order valence-corrected chi connectivity index (χ0v) is 8.99. The molecule has 1 aromatic heterocycles. The molecular weight excluding hydrogens is 288 g/mol. The Balaban J connectivity index is 3.03. The Bertz CT molecular complexity index is 444. The van der Waals surface area contributed by atoms with Crippen molar-refractivity contribution in [2.45, 2.75) is 0 Å². The second kappa shape index (κ2) is 2.74. The molecular formula is C7H4Br2N2O. The van der Waals surface area contributed by atoms with Gasteiger partial charge in [0.15, 0.2) is 0 Å². The van der Waals surface area contributed by atoms with E-state index in [1.165, 1.54) is 0 Å². The quantitative estimate of drug-likeness (QED) is 0.769. The molecule has 0 unspecified atom stereocenters. The van der Waals surface area contributed by atoms with Gasteiger partial charge in [0.2, 0.25) is 0 Å². The van der Waals surface area contributed by atoms with Gasteiger partial charge in [-0.3, -0.25) is 0 Å². The maximum absolute atomic E-state index is 10.9. The molecule has 0 fully saturated rings. The van der Waals surface area contributed by atoms with Gasteiger partial charge in [0.05, 0.1) is 11.0 Å². The molecule has 2 rings (SSSR count). The SMILES string of the molecule is O=c1[nH]c2c(Br)ccc(Br)c2[nH]1. The molecule has 0 amide bonds. The minimum Gasteiger partial charge on any atom is -0.305 e. The number of halogens is 2. The molecule has 0 aliphatic heterocycles. The van der Waals surface area contributed by atoms with Gasteiger partial charge in [-0.15, -0.1) is 0 Å². The Hall–Kier alpha value is -0.550. The summed E-state index contributed by atoms with van der Waals surface area (Å²) in [6.07, 6.45) is 0. The third-order valence-corrected chi connectivity index (χ3v) is 2.90. The lowest BCUT2D eigenvalue weighted by Gasteiger charge is -1.94. The van der Waals surface area contributed by atoms with Crippen LogP contribution in [-0.4, -0.2) is 9.97 Å². The standard InChI is InChI=1S/C7H4Br2N2O/c8-3-1-2-4(9)6-5(3)10-7(12)11-6/h1-2H,(H2,10,11,12). The summed E-state index contributed by atoms with van der Waals surface area (Å²) in [5.74, 6) is 0. The van der Waals surface area contributed by atoms with Gasteiger partial charge < -0.3 is 9.97 Å². The fraction of sp³-hybridized carbons (Fsp3) is 0. The Morgan fingerprint density at radius 2 is 1.42 bits per heavy atom. The fourth-order valence-corrected chi connectivity index (χ4v) is 1.91. The van der Waals surface area contributed by atoms with E-state index in [0.29, 0.717) is 0 Å². The van der Waals surface area contributed by atoms with Crippen LogP contribution < -0.4 is 5.69 Å². The topological polar surface area (TPSA) is 48.6 Å². The van der Waals surface area contributed by atoms with Gasteiger partial charge in [0.1, 0.15) is 0 Å². The fourth-order valence-electron chi connectivity index (χ4n) is 1.05. The highest BCUT2D eigenvalue weighted by atomic mass is 79.9. The van der Waals surface area contributed by atoms with E-state index in [4.69, 9.17) is 0 Å². The number of rotatable bonds is 0. The lowest BCUT2D eigenvalue weighted by Crippen LogP contribution is -1.99. The van der Waals surface area contributed by atoms with Crippen molar-refractivity contribution in [1.29, 1.82) is 0 Å². The van der Waals surface area contributed by atoms with Crippen LogP contribution in [0.15, 0.2) is 25.9 Å². The van der Waals surface area contributed by atoms with Crippen molar-refractivity contribution in [3.8, 4) is 0 Å². The minimum atomic E-state index is -0.197. The number of H-pyrrole nitrogens is 2. The number of hydrogen-bond donors (Lipinski definition) is 2. The van der Waals surface area contributed by atoms with Crippen molar-refractivity contribution < 1.29 is 0 Å². The first kappa shape index (κ1) is 8.07.